The van der Waals surface area contributed by atoms with Gasteiger partial charge in [-0.15, -0.1) is 0 Å². The molecule has 0 bridgehead atoms. The smallest absolute Gasteiger partial charge is 0.416 e. The number of anilines is 1. The van der Waals surface area contributed by atoms with E-state index in [0.717, 1.165) is 43.7 Å². The van der Waals surface area contributed by atoms with Crippen molar-refractivity contribution in [2.75, 3.05) is 24.5 Å². The van der Waals surface area contributed by atoms with E-state index in [0.29, 0.717) is 18.5 Å². The van der Waals surface area contributed by atoms with E-state index < -0.39 is 5.60 Å². The lowest BCUT2D eigenvalue weighted by molar-refractivity contribution is 0.0578. The number of hydrogen-bond donors (Lipinski definition) is 0. The highest BCUT2D eigenvalue weighted by Crippen LogP contribution is 2.37. The molecule has 1 aliphatic heterocycles. The van der Waals surface area contributed by atoms with E-state index in [1.807, 2.05) is 26.8 Å². The van der Waals surface area contributed by atoms with Crippen molar-refractivity contribution in [1.82, 2.24) is 9.88 Å². The second-order valence-corrected chi connectivity index (χ2v) is 8.95. The normalized spacial score (nSPS) is 18.1. The number of unbranched alkanes of at least 4 members (excludes halogenated alkanes) is 1. The van der Waals surface area contributed by atoms with Crippen molar-refractivity contribution in [3.8, 4) is 0 Å². The first-order valence-electron chi connectivity index (χ1n) is 10.4. The number of carbonyl (C=O) groups is 1. The highest BCUT2D eigenvalue weighted by molar-refractivity contribution is 5.87. The van der Waals surface area contributed by atoms with Gasteiger partial charge in [-0.05, 0) is 58.6 Å². The van der Waals surface area contributed by atoms with E-state index in [-0.39, 0.29) is 6.09 Å². The van der Waals surface area contributed by atoms with E-state index >= 15 is 0 Å². The maximum absolute atomic E-state index is 12.9. The average molecular weight is 376 g/mol. The fourth-order valence-electron chi connectivity index (χ4n) is 3.68. The van der Waals surface area contributed by atoms with Gasteiger partial charge in [-0.2, -0.15) is 0 Å². The van der Waals surface area contributed by atoms with E-state index in [2.05, 4.69) is 36.7 Å². The van der Waals surface area contributed by atoms with Gasteiger partial charge in [0.15, 0.2) is 0 Å². The molecule has 1 amide bonds. The molecule has 152 valence electrons. The van der Waals surface area contributed by atoms with Crippen LogP contribution in [0.3, 0.4) is 0 Å². The lowest BCUT2D eigenvalue weighted by atomic mass is 10.0. The Morgan fingerprint density at radius 2 is 2.15 bits per heavy atom. The molecule has 0 N–H and O–H groups in total. The molecule has 0 spiro atoms. The van der Waals surface area contributed by atoms with E-state index in [9.17, 15) is 4.79 Å². The number of aromatic nitrogens is 1. The maximum atomic E-state index is 12.9. The summed E-state index contributed by atoms with van der Waals surface area (Å²) in [6.07, 6.45) is 5.72. The minimum Gasteiger partial charge on any atom is -0.443 e. The number of likely N-dealkylation sites (tertiary alicyclic amines) is 1. The van der Waals surface area contributed by atoms with Crippen molar-refractivity contribution < 1.29 is 9.53 Å². The second-order valence-electron chi connectivity index (χ2n) is 8.95. The molecule has 5 nitrogen and oxygen atoms in total. The summed E-state index contributed by atoms with van der Waals surface area (Å²) >= 11 is 0. The van der Waals surface area contributed by atoms with Crippen LogP contribution in [0.15, 0.2) is 18.3 Å². The molecule has 1 aromatic heterocycles. The molecule has 0 aromatic carbocycles. The van der Waals surface area contributed by atoms with Crippen LogP contribution in [0.5, 0.6) is 0 Å². The van der Waals surface area contributed by atoms with E-state index in [1.54, 1.807) is 11.1 Å². The molecular formula is C22H37N3O2. The lowest BCUT2D eigenvalue weighted by Gasteiger charge is -2.31. The third kappa shape index (κ3) is 6.20. The topological polar surface area (TPSA) is 45.7 Å². The Morgan fingerprint density at radius 3 is 2.78 bits per heavy atom. The van der Waals surface area contributed by atoms with Gasteiger partial charge in [-0.25, -0.2) is 9.78 Å². The first-order chi connectivity index (χ1) is 12.7. The van der Waals surface area contributed by atoms with Gasteiger partial charge in [0, 0.05) is 30.9 Å². The molecule has 2 rings (SSSR count). The first-order valence-corrected chi connectivity index (χ1v) is 10.4. The third-order valence-corrected chi connectivity index (χ3v) is 4.74. The maximum Gasteiger partial charge on any atom is 0.416 e. The van der Waals surface area contributed by atoms with Gasteiger partial charge in [0.2, 0.25) is 0 Å². The minimum atomic E-state index is -0.520. The van der Waals surface area contributed by atoms with E-state index in [4.69, 9.17) is 4.74 Å². The monoisotopic (exact) mass is 375 g/mol. The van der Waals surface area contributed by atoms with Crippen molar-refractivity contribution in [2.45, 2.75) is 78.9 Å². The molecule has 1 aromatic rings. The zero-order valence-corrected chi connectivity index (χ0v) is 18.0. The number of carbonyl (C=O) groups excluding carboxylic acids is 1. The zero-order valence-electron chi connectivity index (χ0n) is 18.0. The summed E-state index contributed by atoms with van der Waals surface area (Å²) in [5, 5.41) is 0. The molecule has 1 fully saturated rings. The third-order valence-electron chi connectivity index (χ3n) is 4.74. The summed E-state index contributed by atoms with van der Waals surface area (Å²) < 4.78 is 5.69. The summed E-state index contributed by atoms with van der Waals surface area (Å²) in [6, 6.07) is 4.44. The second kappa shape index (κ2) is 9.54. The zero-order chi connectivity index (χ0) is 20.0. The minimum absolute atomic E-state index is 0.302. The molecule has 1 atom stereocenters. The highest BCUT2D eigenvalue weighted by atomic mass is 16.6. The van der Waals surface area contributed by atoms with Crippen LogP contribution in [-0.4, -0.2) is 41.2 Å². The van der Waals surface area contributed by atoms with Gasteiger partial charge in [0.1, 0.15) is 11.4 Å². The number of nitrogens with zero attached hydrogens (tertiary/aromatic N) is 3. The Labute approximate surface area is 165 Å². The van der Waals surface area contributed by atoms with Crippen LogP contribution in [0.4, 0.5) is 10.6 Å². The molecule has 0 aliphatic carbocycles. The van der Waals surface area contributed by atoms with E-state index in [1.165, 1.54) is 6.42 Å². The fourth-order valence-corrected chi connectivity index (χ4v) is 3.68. The highest BCUT2D eigenvalue weighted by Gasteiger charge is 2.32. The van der Waals surface area contributed by atoms with Crippen molar-refractivity contribution in [3.63, 3.8) is 0 Å². The van der Waals surface area contributed by atoms with Crippen LogP contribution in [0.1, 0.15) is 78.8 Å². The number of ether oxygens (including phenoxy) is 1. The Bertz CT molecular complexity index is 610. The molecule has 1 aliphatic rings. The lowest BCUT2D eigenvalue weighted by Crippen LogP contribution is -2.39. The Hall–Kier alpha value is -1.62. The van der Waals surface area contributed by atoms with Gasteiger partial charge >= 0.3 is 6.09 Å². The largest absolute Gasteiger partial charge is 0.443 e. The van der Waals surface area contributed by atoms with Gasteiger partial charge < -0.3 is 4.74 Å². The molecule has 0 unspecified atom stereocenters. The van der Waals surface area contributed by atoms with Gasteiger partial charge in [-0.1, -0.05) is 33.3 Å². The van der Waals surface area contributed by atoms with Crippen molar-refractivity contribution in [1.29, 1.82) is 0 Å². The standard InChI is InChI=1S/C22H37N3O2/c1-7-8-15-25(21(26)27-22(4,5)6)20-18(11-9-13-23-20)19-12-10-14-24(19)16-17(2)3/h9,11,13,17,19H,7-8,10,12,14-16H2,1-6H3/t19-/m1/s1. The molecule has 1 saturated heterocycles. The summed E-state index contributed by atoms with van der Waals surface area (Å²) in [7, 11) is 0. The van der Waals surface area contributed by atoms with Crippen LogP contribution in [0.25, 0.3) is 0 Å². The van der Waals surface area contributed by atoms with Crippen LogP contribution < -0.4 is 4.90 Å². The molecule has 2 heterocycles. The quantitative estimate of drug-likeness (QED) is 0.639. The molecular weight excluding hydrogens is 338 g/mol. The molecule has 0 radical (unpaired) electrons. The van der Waals surface area contributed by atoms with Gasteiger partial charge in [-0.3, -0.25) is 9.80 Å². The predicted molar refractivity (Wildman–Crippen MR) is 111 cm³/mol. The van der Waals surface area contributed by atoms with Gasteiger partial charge in [0.05, 0.1) is 0 Å². The summed E-state index contributed by atoms with van der Waals surface area (Å²) in [4.78, 5) is 21.9. The van der Waals surface area contributed by atoms with Crippen LogP contribution >= 0.6 is 0 Å². The average Bonchev–Trinajstić information content (AvgIpc) is 3.01. The Balaban J connectivity index is 2.34. The van der Waals surface area contributed by atoms with Crippen molar-refractivity contribution >= 4 is 11.9 Å². The van der Waals surface area contributed by atoms with Crippen LogP contribution in [0, 0.1) is 5.92 Å². The number of hydrogen-bond acceptors (Lipinski definition) is 4. The van der Waals surface area contributed by atoms with Crippen LogP contribution in [0.2, 0.25) is 0 Å². The summed E-state index contributed by atoms with van der Waals surface area (Å²) in [5.74, 6) is 1.38. The van der Waals surface area contributed by atoms with Crippen molar-refractivity contribution in [3.05, 3.63) is 23.9 Å². The summed E-state index contributed by atoms with van der Waals surface area (Å²) in [5.41, 5.74) is 0.630. The fraction of sp³-hybridized carbons (Fsp3) is 0.727. The van der Waals surface area contributed by atoms with Gasteiger partial charge in [0.25, 0.3) is 0 Å². The Morgan fingerprint density at radius 1 is 1.41 bits per heavy atom. The SMILES string of the molecule is CCCCN(C(=O)OC(C)(C)C)c1ncccc1[C@H]1CCCN1CC(C)C. The number of amides is 1. The molecule has 27 heavy (non-hydrogen) atoms. The Kier molecular flexibility index (Phi) is 7.66. The molecule has 0 saturated carbocycles. The summed E-state index contributed by atoms with van der Waals surface area (Å²) in [6.45, 7) is 15.2. The number of pyridine rings is 1. The van der Waals surface area contributed by atoms with Crippen LogP contribution in [-0.2, 0) is 4.74 Å². The first kappa shape index (κ1) is 21.7. The predicted octanol–water partition coefficient (Wildman–Crippen LogP) is 5.42. The molecule has 5 heteroatoms. The van der Waals surface area contributed by atoms with Crippen molar-refractivity contribution in [2.24, 2.45) is 5.92 Å². The number of rotatable bonds is 7.